The van der Waals surface area contributed by atoms with Crippen molar-refractivity contribution in [1.82, 2.24) is 14.8 Å². The predicted octanol–water partition coefficient (Wildman–Crippen LogP) is 2.77. The molecule has 29 heavy (non-hydrogen) atoms. The molecule has 6 heteroatoms. The minimum atomic E-state index is -0.548. The lowest BCUT2D eigenvalue weighted by Gasteiger charge is -2.54. The molecule has 0 unspecified atom stereocenters. The lowest BCUT2D eigenvalue weighted by molar-refractivity contribution is -0.180. The Bertz CT molecular complexity index is 1080. The Kier molecular flexibility index (Phi) is 4.17. The van der Waals surface area contributed by atoms with Crippen LogP contribution < -0.4 is 0 Å². The zero-order chi connectivity index (χ0) is 20.0. The average molecular weight is 389 g/mol. The van der Waals surface area contributed by atoms with Crippen molar-refractivity contribution in [1.29, 1.82) is 0 Å². The Morgan fingerprint density at radius 2 is 1.90 bits per heavy atom. The zero-order valence-corrected chi connectivity index (χ0v) is 16.3. The molecule has 3 aromatic rings. The van der Waals surface area contributed by atoms with Crippen LogP contribution in [0.2, 0.25) is 0 Å². The topological polar surface area (TPSA) is 65.6 Å². The summed E-state index contributed by atoms with van der Waals surface area (Å²) in [5.74, 6) is -0.0335. The van der Waals surface area contributed by atoms with E-state index in [1.54, 1.807) is 6.20 Å². The van der Waals surface area contributed by atoms with Crippen LogP contribution in [-0.2, 0) is 15.1 Å². The first-order valence-corrected chi connectivity index (χ1v) is 9.90. The molecule has 0 radical (unpaired) electrons. The van der Waals surface area contributed by atoms with Gasteiger partial charge in [0.1, 0.15) is 12.7 Å². The number of fused-ring (bicyclic) bond motifs is 2. The van der Waals surface area contributed by atoms with E-state index in [4.69, 9.17) is 4.74 Å². The number of morpholine rings is 1. The quantitative estimate of drug-likeness (QED) is 0.733. The number of hydrogen-bond acceptors (Lipinski definition) is 3. The molecule has 2 fully saturated rings. The molecular weight excluding hydrogens is 366 g/mol. The van der Waals surface area contributed by atoms with E-state index in [0.717, 1.165) is 16.5 Å². The summed E-state index contributed by atoms with van der Waals surface area (Å²) in [5, 5.41) is 0.925. The Balaban J connectivity index is 1.48. The zero-order valence-electron chi connectivity index (χ0n) is 16.3. The van der Waals surface area contributed by atoms with Crippen LogP contribution in [0.5, 0.6) is 0 Å². The number of nitrogens with zero attached hydrogens (tertiary/aromatic N) is 2. The molecule has 148 valence electrons. The number of amides is 2. The van der Waals surface area contributed by atoms with Crippen molar-refractivity contribution in [3.63, 3.8) is 0 Å². The van der Waals surface area contributed by atoms with Gasteiger partial charge in [-0.05, 0) is 18.1 Å². The van der Waals surface area contributed by atoms with Gasteiger partial charge in [0.25, 0.3) is 5.91 Å². The highest BCUT2D eigenvalue weighted by Gasteiger charge is 2.53. The molecular formula is C23H23N3O3. The van der Waals surface area contributed by atoms with Crippen molar-refractivity contribution in [2.24, 2.45) is 0 Å². The summed E-state index contributed by atoms with van der Waals surface area (Å²) < 4.78 is 6.01. The molecule has 0 saturated carbocycles. The largest absolute Gasteiger partial charge is 0.364 e. The maximum absolute atomic E-state index is 13.3. The monoisotopic (exact) mass is 389 g/mol. The molecule has 2 amide bonds. The molecule has 2 aliphatic heterocycles. The summed E-state index contributed by atoms with van der Waals surface area (Å²) in [6, 6.07) is 17.8. The molecule has 6 nitrogen and oxygen atoms in total. The van der Waals surface area contributed by atoms with Crippen LogP contribution in [0, 0.1) is 0 Å². The fourth-order valence-corrected chi connectivity index (χ4v) is 4.83. The van der Waals surface area contributed by atoms with E-state index < -0.39 is 5.54 Å². The number of aromatic amines is 1. The Morgan fingerprint density at radius 1 is 1.14 bits per heavy atom. The van der Waals surface area contributed by atoms with Crippen LogP contribution in [0.1, 0.15) is 22.3 Å². The lowest BCUT2D eigenvalue weighted by atomic mass is 9.76. The molecule has 3 heterocycles. The number of likely N-dealkylation sites (N-methyl/N-ethyl adjacent to an activating group) is 1. The number of H-pyrrole nitrogens is 1. The second kappa shape index (κ2) is 6.74. The Morgan fingerprint density at radius 3 is 2.72 bits per heavy atom. The summed E-state index contributed by atoms with van der Waals surface area (Å²) in [7, 11) is 1.85. The fourth-order valence-electron chi connectivity index (χ4n) is 4.83. The lowest BCUT2D eigenvalue weighted by Crippen LogP contribution is -2.67. The normalized spacial score (nSPS) is 24.6. The van der Waals surface area contributed by atoms with E-state index in [2.05, 4.69) is 4.98 Å². The fraction of sp³-hybridized carbons (Fsp3) is 0.304. The van der Waals surface area contributed by atoms with Crippen molar-refractivity contribution >= 4 is 22.7 Å². The van der Waals surface area contributed by atoms with E-state index in [1.165, 1.54) is 0 Å². The number of para-hydroxylation sites is 1. The molecule has 2 aliphatic rings. The number of likely N-dealkylation sites (tertiary alicyclic amines) is 1. The van der Waals surface area contributed by atoms with E-state index in [9.17, 15) is 9.59 Å². The van der Waals surface area contributed by atoms with Crippen molar-refractivity contribution in [2.45, 2.75) is 18.1 Å². The number of nitrogens with one attached hydrogen (secondary N) is 1. The minimum Gasteiger partial charge on any atom is -0.364 e. The van der Waals surface area contributed by atoms with E-state index in [-0.39, 0.29) is 24.5 Å². The molecule has 0 spiro atoms. The first-order chi connectivity index (χ1) is 14.1. The number of rotatable bonds is 2. The third-order valence-corrected chi connectivity index (χ3v) is 6.44. The van der Waals surface area contributed by atoms with Gasteiger partial charge in [-0.25, -0.2) is 0 Å². The van der Waals surface area contributed by atoms with Crippen LogP contribution in [0.4, 0.5) is 0 Å². The minimum absolute atomic E-state index is 0.00716. The van der Waals surface area contributed by atoms with Crippen LogP contribution in [0.25, 0.3) is 10.9 Å². The number of ether oxygens (including phenoxy) is 1. The predicted molar refractivity (Wildman–Crippen MR) is 109 cm³/mol. The molecule has 0 bridgehead atoms. The van der Waals surface area contributed by atoms with Crippen molar-refractivity contribution < 1.29 is 14.3 Å². The van der Waals surface area contributed by atoms with Crippen molar-refractivity contribution in [2.75, 3.05) is 26.7 Å². The van der Waals surface area contributed by atoms with Gasteiger partial charge < -0.3 is 19.5 Å². The van der Waals surface area contributed by atoms with Gasteiger partial charge in [0.05, 0.1) is 11.1 Å². The molecule has 0 aliphatic carbocycles. The molecule has 1 N–H and O–H groups in total. The molecule has 2 atom stereocenters. The van der Waals surface area contributed by atoms with Crippen LogP contribution in [-0.4, -0.2) is 59.4 Å². The van der Waals surface area contributed by atoms with Crippen molar-refractivity contribution in [3.8, 4) is 0 Å². The number of piperidine rings is 1. The maximum atomic E-state index is 13.3. The van der Waals surface area contributed by atoms with Gasteiger partial charge in [0.15, 0.2) is 0 Å². The third-order valence-electron chi connectivity index (χ3n) is 6.44. The number of benzene rings is 2. The van der Waals surface area contributed by atoms with Gasteiger partial charge in [0, 0.05) is 37.2 Å². The van der Waals surface area contributed by atoms with Gasteiger partial charge in [-0.2, -0.15) is 0 Å². The number of aromatic nitrogens is 1. The highest BCUT2D eigenvalue weighted by atomic mass is 16.5. The first kappa shape index (κ1) is 17.9. The summed E-state index contributed by atoms with van der Waals surface area (Å²) in [4.78, 5) is 32.7. The van der Waals surface area contributed by atoms with Gasteiger partial charge in [-0.1, -0.05) is 48.5 Å². The second-order valence-corrected chi connectivity index (χ2v) is 7.79. The molecule has 2 aromatic carbocycles. The molecule has 1 aromatic heterocycles. The standard InChI is InChI=1S/C23H23N3O3/c1-25-21(27)15-29-20-14-26(12-11-23(20,25)16-7-3-2-4-8-16)22(28)18-13-24-19-10-6-5-9-17(18)19/h2-10,13,20,24H,11-12,14-15H2,1H3/t20-,23+/m1/s1. The van der Waals surface area contributed by atoms with Crippen LogP contribution >= 0.6 is 0 Å². The number of carbonyl (C=O) groups excluding carboxylic acids is 2. The number of carbonyl (C=O) groups is 2. The second-order valence-electron chi connectivity index (χ2n) is 7.79. The highest BCUT2D eigenvalue weighted by Crippen LogP contribution is 2.42. The van der Waals surface area contributed by atoms with E-state index >= 15 is 0 Å². The van der Waals surface area contributed by atoms with Gasteiger partial charge in [-0.3, -0.25) is 9.59 Å². The summed E-state index contributed by atoms with van der Waals surface area (Å²) in [6.45, 7) is 1.06. The third kappa shape index (κ3) is 2.67. The summed E-state index contributed by atoms with van der Waals surface area (Å²) >= 11 is 0. The van der Waals surface area contributed by atoms with E-state index in [1.807, 2.05) is 71.4 Å². The SMILES string of the molecule is CN1C(=O)CO[C@@H]2CN(C(=O)c3c[nH]c4ccccc34)CC[C@]21c1ccccc1. The maximum Gasteiger partial charge on any atom is 0.256 e. The smallest absolute Gasteiger partial charge is 0.256 e. The van der Waals surface area contributed by atoms with Crippen molar-refractivity contribution in [3.05, 3.63) is 71.9 Å². The average Bonchev–Trinajstić information content (AvgIpc) is 3.20. The summed E-state index contributed by atoms with van der Waals surface area (Å²) in [6.07, 6.45) is 2.15. The van der Waals surface area contributed by atoms with Gasteiger partial charge >= 0.3 is 0 Å². The number of hydrogen-bond donors (Lipinski definition) is 1. The van der Waals surface area contributed by atoms with Gasteiger partial charge in [-0.15, -0.1) is 0 Å². The molecule has 2 saturated heterocycles. The van der Waals surface area contributed by atoms with E-state index in [0.29, 0.717) is 25.1 Å². The first-order valence-electron chi connectivity index (χ1n) is 9.90. The highest BCUT2D eigenvalue weighted by molar-refractivity contribution is 6.06. The Hall–Kier alpha value is -3.12. The Labute approximate surface area is 169 Å². The van der Waals surface area contributed by atoms with Gasteiger partial charge in [0.2, 0.25) is 5.91 Å². The van der Waals surface area contributed by atoms with Crippen LogP contribution in [0.15, 0.2) is 60.8 Å². The van der Waals surface area contributed by atoms with Crippen LogP contribution in [0.3, 0.4) is 0 Å². The molecule has 5 rings (SSSR count). The summed E-state index contributed by atoms with van der Waals surface area (Å²) in [5.41, 5.74) is 2.13.